The van der Waals surface area contributed by atoms with E-state index in [-0.39, 0.29) is 0 Å². The number of rotatable bonds is 2. The molecule has 0 N–H and O–H groups in total. The van der Waals surface area contributed by atoms with Crippen LogP contribution in [0.5, 0.6) is 11.5 Å². The topological polar surface area (TPSA) is 18.5 Å². The first-order valence-corrected chi connectivity index (χ1v) is 3.25. The van der Waals surface area contributed by atoms with E-state index in [4.69, 9.17) is 0 Å². The standard InChI is InChI=1S/C6H5O2S2/c9-7-5-2-1-3-6(4-5)8-10/h1-3,9-10H. The number of hydrogen-bond donors (Lipinski definition) is 2. The third-order valence-electron chi connectivity index (χ3n) is 0.938. The van der Waals surface area contributed by atoms with Crippen LogP contribution >= 0.6 is 25.8 Å². The summed E-state index contributed by atoms with van der Waals surface area (Å²) in [6, 6.07) is 7.93. The van der Waals surface area contributed by atoms with Gasteiger partial charge in [0, 0.05) is 25.8 Å². The highest BCUT2D eigenvalue weighted by Gasteiger charge is 1.94. The quantitative estimate of drug-likeness (QED) is 0.526. The molecule has 0 saturated carbocycles. The highest BCUT2D eigenvalue weighted by Crippen LogP contribution is 2.19. The molecule has 0 aliphatic heterocycles. The third kappa shape index (κ3) is 1.75. The van der Waals surface area contributed by atoms with Gasteiger partial charge in [-0.2, -0.15) is 0 Å². The molecular formula is C6H5O2S2. The van der Waals surface area contributed by atoms with Gasteiger partial charge in [0.2, 0.25) is 0 Å². The van der Waals surface area contributed by atoms with Crippen LogP contribution in [0.15, 0.2) is 18.2 Å². The molecule has 0 heterocycles. The predicted molar refractivity (Wildman–Crippen MR) is 44.5 cm³/mol. The minimum Gasteiger partial charge on any atom is -0.428 e. The highest BCUT2D eigenvalue weighted by molar-refractivity contribution is 7.75. The summed E-state index contributed by atoms with van der Waals surface area (Å²) >= 11 is 7.17. The van der Waals surface area contributed by atoms with E-state index in [1.54, 1.807) is 18.2 Å². The molecule has 0 amide bonds. The molecule has 0 unspecified atom stereocenters. The largest absolute Gasteiger partial charge is 0.428 e. The summed E-state index contributed by atoms with van der Waals surface area (Å²) in [7, 11) is 0. The first kappa shape index (κ1) is 7.63. The molecule has 4 heteroatoms. The lowest BCUT2D eigenvalue weighted by molar-refractivity contribution is 0.626. The van der Waals surface area contributed by atoms with Gasteiger partial charge in [-0.15, -0.1) is 0 Å². The van der Waals surface area contributed by atoms with Gasteiger partial charge in [-0.3, -0.25) is 0 Å². The summed E-state index contributed by atoms with van der Waals surface area (Å²) < 4.78 is 9.16. The van der Waals surface area contributed by atoms with Crippen molar-refractivity contribution in [1.29, 1.82) is 0 Å². The van der Waals surface area contributed by atoms with Crippen LogP contribution in [0.3, 0.4) is 0 Å². The van der Waals surface area contributed by atoms with Crippen molar-refractivity contribution in [3.63, 3.8) is 0 Å². The lowest BCUT2D eigenvalue weighted by Crippen LogP contribution is -1.77. The maximum atomic E-state index is 4.58. The molecule has 10 heavy (non-hydrogen) atoms. The molecular weight excluding hydrogens is 168 g/mol. The maximum Gasteiger partial charge on any atom is 0.148 e. The van der Waals surface area contributed by atoms with E-state index in [1.165, 1.54) is 0 Å². The summed E-state index contributed by atoms with van der Waals surface area (Å²) in [6.45, 7) is 0. The Bertz CT molecular complexity index is 195. The summed E-state index contributed by atoms with van der Waals surface area (Å²) in [6.07, 6.45) is 0. The second-order valence-electron chi connectivity index (χ2n) is 1.56. The molecule has 0 bridgehead atoms. The molecule has 0 aromatic heterocycles. The van der Waals surface area contributed by atoms with E-state index < -0.39 is 0 Å². The van der Waals surface area contributed by atoms with Gasteiger partial charge in [0.15, 0.2) is 0 Å². The molecule has 1 aromatic carbocycles. The Kier molecular flexibility index (Phi) is 2.77. The second kappa shape index (κ2) is 3.63. The van der Waals surface area contributed by atoms with Crippen LogP contribution in [-0.4, -0.2) is 0 Å². The van der Waals surface area contributed by atoms with Gasteiger partial charge in [-0.05, 0) is 12.1 Å². The number of hydrogen-bond acceptors (Lipinski definition) is 4. The van der Waals surface area contributed by atoms with Crippen LogP contribution in [-0.2, 0) is 0 Å². The summed E-state index contributed by atoms with van der Waals surface area (Å²) in [5.41, 5.74) is 0. The molecule has 0 spiro atoms. The van der Waals surface area contributed by atoms with Crippen molar-refractivity contribution in [2.45, 2.75) is 0 Å². The van der Waals surface area contributed by atoms with E-state index in [1.807, 2.05) is 0 Å². The summed E-state index contributed by atoms with van der Waals surface area (Å²) in [4.78, 5) is 0. The molecule has 2 nitrogen and oxygen atoms in total. The maximum absolute atomic E-state index is 4.58. The van der Waals surface area contributed by atoms with Gasteiger partial charge in [0.1, 0.15) is 11.5 Å². The van der Waals surface area contributed by atoms with Crippen molar-refractivity contribution >= 4 is 25.8 Å². The van der Waals surface area contributed by atoms with Crippen molar-refractivity contribution in [2.75, 3.05) is 0 Å². The second-order valence-corrected chi connectivity index (χ2v) is 1.93. The van der Waals surface area contributed by atoms with Crippen molar-refractivity contribution in [1.82, 2.24) is 0 Å². The zero-order valence-electron chi connectivity index (χ0n) is 4.94. The Labute approximate surface area is 70.4 Å². The lowest BCUT2D eigenvalue weighted by atomic mass is 10.3. The van der Waals surface area contributed by atoms with E-state index in [2.05, 4.69) is 40.3 Å². The molecule has 0 fully saturated rings. The molecule has 53 valence electrons. The van der Waals surface area contributed by atoms with Crippen molar-refractivity contribution in [3.05, 3.63) is 24.3 Å². The molecule has 1 radical (unpaired) electrons. The van der Waals surface area contributed by atoms with Crippen LogP contribution in [0.2, 0.25) is 0 Å². The van der Waals surface area contributed by atoms with Crippen LogP contribution in [0, 0.1) is 6.07 Å². The van der Waals surface area contributed by atoms with E-state index in [0.29, 0.717) is 11.5 Å². The average molecular weight is 173 g/mol. The highest BCUT2D eigenvalue weighted by atomic mass is 32.1. The fourth-order valence-electron chi connectivity index (χ4n) is 0.534. The van der Waals surface area contributed by atoms with Crippen LogP contribution in [0.4, 0.5) is 0 Å². The monoisotopic (exact) mass is 173 g/mol. The van der Waals surface area contributed by atoms with E-state index >= 15 is 0 Å². The SMILES string of the molecule is SOc1[c]c(OS)ccc1. The molecule has 0 atom stereocenters. The Balaban J connectivity index is 2.87. The molecule has 1 rings (SSSR count). The molecule has 1 aromatic rings. The summed E-state index contributed by atoms with van der Waals surface area (Å²) in [5.74, 6) is 1.02. The minimum absolute atomic E-state index is 0.509. The van der Waals surface area contributed by atoms with E-state index in [9.17, 15) is 0 Å². The third-order valence-corrected chi connectivity index (χ3v) is 1.33. The van der Waals surface area contributed by atoms with Crippen LogP contribution < -0.4 is 8.37 Å². The smallest absolute Gasteiger partial charge is 0.148 e. The first-order valence-electron chi connectivity index (χ1n) is 2.52. The van der Waals surface area contributed by atoms with Gasteiger partial charge in [-0.25, -0.2) is 0 Å². The predicted octanol–water partition coefficient (Wildman–Crippen LogP) is 1.93. The van der Waals surface area contributed by atoms with Gasteiger partial charge in [-0.1, -0.05) is 6.07 Å². The number of thiol groups is 2. The minimum atomic E-state index is 0.509. The zero-order chi connectivity index (χ0) is 7.40. The van der Waals surface area contributed by atoms with Gasteiger partial charge < -0.3 is 8.37 Å². The van der Waals surface area contributed by atoms with Gasteiger partial charge >= 0.3 is 0 Å². The Morgan fingerprint density at radius 1 is 1.10 bits per heavy atom. The molecule has 0 saturated heterocycles. The number of benzene rings is 1. The lowest BCUT2D eigenvalue weighted by Gasteiger charge is -1.98. The Morgan fingerprint density at radius 3 is 2.00 bits per heavy atom. The van der Waals surface area contributed by atoms with Crippen molar-refractivity contribution in [2.24, 2.45) is 0 Å². The van der Waals surface area contributed by atoms with Gasteiger partial charge in [0.05, 0.1) is 6.07 Å². The average Bonchev–Trinajstić information content (AvgIpc) is 2.05. The zero-order valence-corrected chi connectivity index (χ0v) is 6.73. The first-order chi connectivity index (χ1) is 4.86. The van der Waals surface area contributed by atoms with Crippen molar-refractivity contribution in [3.8, 4) is 11.5 Å². The van der Waals surface area contributed by atoms with Gasteiger partial charge in [0.25, 0.3) is 0 Å². The Hall–Kier alpha value is -0.480. The Morgan fingerprint density at radius 2 is 1.60 bits per heavy atom. The normalized spacial score (nSPS) is 9.00. The van der Waals surface area contributed by atoms with Crippen molar-refractivity contribution < 1.29 is 8.37 Å². The summed E-state index contributed by atoms with van der Waals surface area (Å²) in [5, 5.41) is 0. The fourth-order valence-corrected chi connectivity index (χ4v) is 0.747. The molecule has 0 aliphatic carbocycles. The van der Waals surface area contributed by atoms with Crippen LogP contribution in [0.25, 0.3) is 0 Å². The van der Waals surface area contributed by atoms with E-state index in [0.717, 1.165) is 0 Å². The van der Waals surface area contributed by atoms with Crippen LogP contribution in [0.1, 0.15) is 0 Å². The fraction of sp³-hybridized carbons (Fsp3) is 0. The molecule has 0 aliphatic rings.